The minimum absolute atomic E-state index is 0.160. The first-order valence-electron chi connectivity index (χ1n) is 6.66. The Bertz CT molecular complexity index is 405. The third kappa shape index (κ3) is 2.90. The third-order valence-corrected chi connectivity index (χ3v) is 4.35. The number of likely N-dealkylation sites (N-methyl/N-ethyl adjacent to an activating group) is 1. The number of aryl methyl sites for hydroxylation is 1. The molecule has 1 aliphatic rings. The zero-order valence-electron chi connectivity index (χ0n) is 11.1. The molecular weight excluding hydrogens is 246 g/mol. The smallest absolute Gasteiger partial charge is 0.265 e. The van der Waals surface area contributed by atoms with E-state index in [1.165, 1.54) is 0 Å². The summed E-state index contributed by atoms with van der Waals surface area (Å²) in [7, 11) is 1.94. The van der Waals surface area contributed by atoms with Crippen LogP contribution in [0.4, 0.5) is 0 Å². The lowest BCUT2D eigenvalue weighted by molar-refractivity contribution is 0.0741. The van der Waals surface area contributed by atoms with E-state index in [0.717, 1.165) is 48.7 Å². The van der Waals surface area contributed by atoms with Gasteiger partial charge in [0.1, 0.15) is 4.88 Å². The highest BCUT2D eigenvalue weighted by Crippen LogP contribution is 2.23. The van der Waals surface area contributed by atoms with Crippen molar-refractivity contribution in [2.75, 3.05) is 20.1 Å². The molecule has 1 amide bonds. The molecule has 0 aromatic carbocycles. The Kier molecular flexibility index (Phi) is 4.72. The van der Waals surface area contributed by atoms with E-state index in [4.69, 9.17) is 0 Å². The largest absolute Gasteiger partial charge is 0.334 e. The summed E-state index contributed by atoms with van der Waals surface area (Å²) in [5, 5.41) is 4.24. The van der Waals surface area contributed by atoms with Crippen molar-refractivity contribution in [1.82, 2.24) is 15.2 Å². The van der Waals surface area contributed by atoms with Gasteiger partial charge in [-0.15, -0.1) is 11.3 Å². The van der Waals surface area contributed by atoms with Gasteiger partial charge >= 0.3 is 0 Å². The first-order chi connectivity index (χ1) is 8.76. The molecule has 2 heterocycles. The first kappa shape index (κ1) is 13.5. The molecule has 0 aliphatic carbocycles. The molecule has 100 valence electrons. The van der Waals surface area contributed by atoms with Crippen molar-refractivity contribution < 1.29 is 4.79 Å². The molecular formula is C13H21N3OS. The summed E-state index contributed by atoms with van der Waals surface area (Å²) in [4.78, 5) is 19.5. The molecule has 1 aromatic heterocycles. The van der Waals surface area contributed by atoms with E-state index in [1.807, 2.05) is 11.9 Å². The van der Waals surface area contributed by atoms with Crippen LogP contribution in [0.3, 0.4) is 0 Å². The van der Waals surface area contributed by atoms with Gasteiger partial charge in [0.05, 0.1) is 11.2 Å². The van der Waals surface area contributed by atoms with Gasteiger partial charge in [-0.05, 0) is 32.7 Å². The topological polar surface area (TPSA) is 45.2 Å². The molecule has 5 heteroatoms. The molecule has 1 N–H and O–H groups in total. The number of amides is 1. The van der Waals surface area contributed by atoms with Gasteiger partial charge in [-0.3, -0.25) is 4.79 Å². The second kappa shape index (κ2) is 6.29. The van der Waals surface area contributed by atoms with Crippen LogP contribution < -0.4 is 5.32 Å². The fourth-order valence-electron chi connectivity index (χ4n) is 2.43. The summed E-state index contributed by atoms with van der Waals surface area (Å²) >= 11 is 1.55. The Balaban J connectivity index is 2.05. The van der Waals surface area contributed by atoms with Crippen LogP contribution in [0.25, 0.3) is 0 Å². The number of carbonyl (C=O) groups excluding carboxylic acids is 1. The van der Waals surface area contributed by atoms with Gasteiger partial charge in [0.2, 0.25) is 0 Å². The van der Waals surface area contributed by atoms with Crippen LogP contribution in [-0.4, -0.2) is 42.0 Å². The molecule has 1 unspecified atom stereocenters. The lowest BCUT2D eigenvalue weighted by atomic mass is 10.2. The standard InChI is InChI=1S/C13H21N3OS/c1-3-5-12-15-9-11(18-12)13(17)16-7-4-6-10(16)8-14-2/h9-10,14H,3-8H2,1-2H3. The van der Waals surface area contributed by atoms with Gasteiger partial charge < -0.3 is 10.2 Å². The van der Waals surface area contributed by atoms with E-state index in [2.05, 4.69) is 17.2 Å². The molecule has 2 rings (SSSR count). The minimum Gasteiger partial charge on any atom is -0.334 e. The molecule has 1 fully saturated rings. The minimum atomic E-state index is 0.160. The molecule has 0 spiro atoms. The van der Waals surface area contributed by atoms with Crippen LogP contribution in [0.15, 0.2) is 6.20 Å². The van der Waals surface area contributed by atoms with Crippen LogP contribution in [0.2, 0.25) is 0 Å². The predicted octanol–water partition coefficient (Wildman–Crippen LogP) is 1.92. The van der Waals surface area contributed by atoms with Crippen molar-refractivity contribution in [3.05, 3.63) is 16.1 Å². The highest BCUT2D eigenvalue weighted by molar-refractivity contribution is 7.13. The molecule has 1 atom stereocenters. The maximum atomic E-state index is 12.4. The van der Waals surface area contributed by atoms with Gasteiger partial charge in [0, 0.05) is 19.1 Å². The van der Waals surface area contributed by atoms with Crippen LogP contribution in [0, 0.1) is 0 Å². The highest BCUT2D eigenvalue weighted by Gasteiger charge is 2.29. The van der Waals surface area contributed by atoms with Crippen LogP contribution in [0.5, 0.6) is 0 Å². The number of hydrogen-bond acceptors (Lipinski definition) is 4. The second-order valence-corrected chi connectivity index (χ2v) is 5.84. The van der Waals surface area contributed by atoms with Crippen molar-refractivity contribution in [3.8, 4) is 0 Å². The van der Waals surface area contributed by atoms with Crippen LogP contribution in [-0.2, 0) is 6.42 Å². The predicted molar refractivity (Wildman–Crippen MR) is 74.1 cm³/mol. The fourth-order valence-corrected chi connectivity index (χ4v) is 3.41. The number of nitrogens with one attached hydrogen (secondary N) is 1. The molecule has 0 bridgehead atoms. The van der Waals surface area contributed by atoms with E-state index < -0.39 is 0 Å². The summed E-state index contributed by atoms with van der Waals surface area (Å²) in [6.45, 7) is 3.89. The Morgan fingerprint density at radius 2 is 2.50 bits per heavy atom. The average Bonchev–Trinajstić information content (AvgIpc) is 2.98. The van der Waals surface area contributed by atoms with E-state index >= 15 is 0 Å². The Morgan fingerprint density at radius 1 is 1.67 bits per heavy atom. The van der Waals surface area contributed by atoms with E-state index in [-0.39, 0.29) is 5.91 Å². The van der Waals surface area contributed by atoms with Gasteiger partial charge in [-0.2, -0.15) is 0 Å². The molecule has 0 saturated carbocycles. The second-order valence-electron chi connectivity index (χ2n) is 4.72. The van der Waals surface area contributed by atoms with Gasteiger partial charge in [-0.25, -0.2) is 4.98 Å². The van der Waals surface area contributed by atoms with Gasteiger partial charge in [0.15, 0.2) is 0 Å². The maximum absolute atomic E-state index is 12.4. The molecule has 1 aliphatic heterocycles. The van der Waals surface area contributed by atoms with Gasteiger partial charge in [-0.1, -0.05) is 6.92 Å². The number of rotatable bonds is 5. The average molecular weight is 267 g/mol. The number of carbonyl (C=O) groups is 1. The highest BCUT2D eigenvalue weighted by atomic mass is 32.1. The lowest BCUT2D eigenvalue weighted by Gasteiger charge is -2.23. The number of aromatic nitrogens is 1. The molecule has 0 radical (unpaired) electrons. The van der Waals surface area contributed by atoms with E-state index in [9.17, 15) is 4.79 Å². The van der Waals surface area contributed by atoms with Crippen molar-refractivity contribution >= 4 is 17.2 Å². The quantitative estimate of drug-likeness (QED) is 0.886. The molecule has 18 heavy (non-hydrogen) atoms. The molecule has 1 saturated heterocycles. The molecule has 1 aromatic rings. The first-order valence-corrected chi connectivity index (χ1v) is 7.48. The van der Waals surface area contributed by atoms with Gasteiger partial charge in [0.25, 0.3) is 5.91 Å². The Morgan fingerprint density at radius 3 is 3.22 bits per heavy atom. The number of hydrogen-bond donors (Lipinski definition) is 1. The third-order valence-electron chi connectivity index (χ3n) is 3.31. The van der Waals surface area contributed by atoms with Crippen molar-refractivity contribution in [2.24, 2.45) is 0 Å². The number of likely N-dealkylation sites (tertiary alicyclic amines) is 1. The zero-order valence-corrected chi connectivity index (χ0v) is 11.9. The normalized spacial score (nSPS) is 19.4. The van der Waals surface area contributed by atoms with Crippen molar-refractivity contribution in [1.29, 1.82) is 0 Å². The summed E-state index contributed by atoms with van der Waals surface area (Å²) < 4.78 is 0. The fraction of sp³-hybridized carbons (Fsp3) is 0.692. The monoisotopic (exact) mass is 267 g/mol. The van der Waals surface area contributed by atoms with Crippen molar-refractivity contribution in [2.45, 2.75) is 38.6 Å². The van der Waals surface area contributed by atoms with E-state index in [0.29, 0.717) is 6.04 Å². The summed E-state index contributed by atoms with van der Waals surface area (Å²) in [6.07, 6.45) is 6.00. The van der Waals surface area contributed by atoms with Crippen LogP contribution >= 0.6 is 11.3 Å². The summed E-state index contributed by atoms with van der Waals surface area (Å²) in [5.74, 6) is 0.160. The SMILES string of the molecule is CCCc1ncc(C(=O)N2CCCC2CNC)s1. The maximum Gasteiger partial charge on any atom is 0.265 e. The Labute approximate surface area is 112 Å². The summed E-state index contributed by atoms with van der Waals surface area (Å²) in [5.41, 5.74) is 0. The molecule has 4 nitrogen and oxygen atoms in total. The zero-order chi connectivity index (χ0) is 13.0. The van der Waals surface area contributed by atoms with E-state index in [1.54, 1.807) is 17.5 Å². The lowest BCUT2D eigenvalue weighted by Crippen LogP contribution is -2.40. The van der Waals surface area contributed by atoms with Crippen molar-refractivity contribution in [3.63, 3.8) is 0 Å². The number of thiazole rings is 1. The summed E-state index contributed by atoms with van der Waals surface area (Å²) in [6, 6.07) is 0.347. The number of nitrogens with zero attached hydrogens (tertiary/aromatic N) is 2. The Hall–Kier alpha value is -0.940. The van der Waals surface area contributed by atoms with Crippen LogP contribution in [0.1, 0.15) is 40.9 Å².